The first kappa shape index (κ1) is 21.9. The van der Waals surface area contributed by atoms with Gasteiger partial charge >= 0.3 is 0 Å². The zero-order valence-electron chi connectivity index (χ0n) is 18.5. The predicted octanol–water partition coefficient (Wildman–Crippen LogP) is 3.59. The molecule has 0 radical (unpaired) electrons. The maximum absolute atomic E-state index is 12.5. The van der Waals surface area contributed by atoms with Gasteiger partial charge in [0.25, 0.3) is 0 Å². The number of pyridine rings is 1. The molecule has 8 nitrogen and oxygen atoms in total. The monoisotopic (exact) mass is 466 g/mol. The van der Waals surface area contributed by atoms with Crippen molar-refractivity contribution < 1.29 is 9.90 Å². The number of carbonyl (C=O) groups excluding carboxylic acids is 1. The van der Waals surface area contributed by atoms with E-state index in [4.69, 9.17) is 11.6 Å². The average Bonchev–Trinajstić information content (AvgIpc) is 3.63. The standard InChI is InChI=1S/C24H27ClN6O2/c1-14(24(33)28-16-5-6-16)31-10-2-3-17(13-31)27-23-20-12-26-9-8-18(20)22(29-30-23)19-7-4-15(25)11-21(19)32/h4,7-9,11-12,14,16-17,32H,2-3,5-6,10,13H2,1H3,(H,27,30)(H,28,33)/t14?,17-/m1/s1. The van der Waals surface area contributed by atoms with Crippen molar-refractivity contribution in [1.29, 1.82) is 0 Å². The number of fused-ring (bicyclic) bond motifs is 1. The molecule has 3 N–H and O–H groups in total. The normalized spacial score (nSPS) is 19.9. The molecule has 1 unspecified atom stereocenters. The van der Waals surface area contributed by atoms with E-state index in [2.05, 4.69) is 30.7 Å². The zero-order valence-corrected chi connectivity index (χ0v) is 19.2. The summed E-state index contributed by atoms with van der Waals surface area (Å²) < 4.78 is 0. The smallest absolute Gasteiger partial charge is 0.237 e. The molecule has 3 aromatic rings. The molecule has 1 amide bonds. The Bertz CT molecular complexity index is 1180. The minimum atomic E-state index is -0.157. The number of nitrogens with zero attached hydrogens (tertiary/aromatic N) is 4. The van der Waals surface area contributed by atoms with E-state index in [9.17, 15) is 9.90 Å². The third-order valence-electron chi connectivity index (χ3n) is 6.44. The van der Waals surface area contributed by atoms with Crippen molar-refractivity contribution in [2.45, 2.75) is 50.7 Å². The topological polar surface area (TPSA) is 103 Å². The fraction of sp³-hybridized carbons (Fsp3) is 0.417. The Morgan fingerprint density at radius 2 is 2.03 bits per heavy atom. The van der Waals surface area contributed by atoms with Crippen LogP contribution in [0.2, 0.25) is 5.02 Å². The quantitative estimate of drug-likeness (QED) is 0.510. The van der Waals surface area contributed by atoms with E-state index in [1.165, 1.54) is 6.07 Å². The Morgan fingerprint density at radius 1 is 1.18 bits per heavy atom. The molecule has 3 heterocycles. The molecule has 5 rings (SSSR count). The Morgan fingerprint density at radius 3 is 2.82 bits per heavy atom. The fourth-order valence-electron chi connectivity index (χ4n) is 4.39. The van der Waals surface area contributed by atoms with Crippen LogP contribution < -0.4 is 10.6 Å². The maximum atomic E-state index is 12.5. The highest BCUT2D eigenvalue weighted by molar-refractivity contribution is 6.30. The van der Waals surface area contributed by atoms with Crippen LogP contribution in [0.1, 0.15) is 32.6 Å². The molecule has 1 saturated heterocycles. The van der Waals surface area contributed by atoms with Crippen LogP contribution in [0.3, 0.4) is 0 Å². The van der Waals surface area contributed by atoms with E-state index in [1.807, 2.05) is 13.0 Å². The number of benzene rings is 1. The third-order valence-corrected chi connectivity index (χ3v) is 6.68. The van der Waals surface area contributed by atoms with Gasteiger partial charge in [0.05, 0.1) is 6.04 Å². The van der Waals surface area contributed by atoms with Crippen molar-refractivity contribution >= 4 is 34.1 Å². The Kier molecular flexibility index (Phi) is 6.03. The van der Waals surface area contributed by atoms with Crippen molar-refractivity contribution in [3.63, 3.8) is 0 Å². The number of anilines is 1. The first-order valence-electron chi connectivity index (χ1n) is 11.4. The summed E-state index contributed by atoms with van der Waals surface area (Å²) in [6.45, 7) is 3.63. The number of phenols is 1. The van der Waals surface area contributed by atoms with Crippen molar-refractivity contribution in [2.24, 2.45) is 0 Å². The molecule has 33 heavy (non-hydrogen) atoms. The van der Waals surface area contributed by atoms with Gasteiger partial charge in [0, 0.05) is 52.4 Å². The fourth-order valence-corrected chi connectivity index (χ4v) is 4.56. The van der Waals surface area contributed by atoms with E-state index < -0.39 is 0 Å². The zero-order chi connectivity index (χ0) is 22.9. The van der Waals surface area contributed by atoms with Crippen LogP contribution in [0.4, 0.5) is 5.82 Å². The number of hydrogen-bond acceptors (Lipinski definition) is 7. The maximum Gasteiger partial charge on any atom is 0.237 e. The van der Waals surface area contributed by atoms with Gasteiger partial charge in [-0.1, -0.05) is 11.6 Å². The Labute approximate surface area is 197 Å². The molecule has 0 spiro atoms. The average molecular weight is 467 g/mol. The van der Waals surface area contributed by atoms with Crippen molar-refractivity contribution in [3.8, 4) is 17.0 Å². The summed E-state index contributed by atoms with van der Waals surface area (Å²) in [5, 5.41) is 28.0. The summed E-state index contributed by atoms with van der Waals surface area (Å²) in [4.78, 5) is 19.0. The van der Waals surface area contributed by atoms with Gasteiger partial charge < -0.3 is 15.7 Å². The molecule has 2 fully saturated rings. The van der Waals surface area contributed by atoms with Gasteiger partial charge in [0.1, 0.15) is 11.4 Å². The van der Waals surface area contributed by atoms with E-state index in [0.29, 0.717) is 28.1 Å². The molecular formula is C24H27ClN6O2. The number of aromatic hydroxyl groups is 1. The highest BCUT2D eigenvalue weighted by atomic mass is 35.5. The second-order valence-corrected chi connectivity index (χ2v) is 9.35. The lowest BCUT2D eigenvalue weighted by Gasteiger charge is -2.36. The van der Waals surface area contributed by atoms with E-state index in [1.54, 1.807) is 24.5 Å². The van der Waals surface area contributed by atoms with Crippen molar-refractivity contribution in [3.05, 3.63) is 41.7 Å². The highest BCUT2D eigenvalue weighted by Crippen LogP contribution is 2.35. The molecule has 1 aromatic carbocycles. The van der Waals surface area contributed by atoms with Crippen LogP contribution >= 0.6 is 11.6 Å². The summed E-state index contributed by atoms with van der Waals surface area (Å²) in [6, 6.07) is 7.17. The molecule has 172 valence electrons. The second kappa shape index (κ2) is 9.11. The van der Waals surface area contributed by atoms with Crippen LogP contribution in [-0.4, -0.2) is 62.3 Å². The molecule has 1 aliphatic heterocycles. The van der Waals surface area contributed by atoms with Gasteiger partial charge in [-0.15, -0.1) is 10.2 Å². The first-order chi connectivity index (χ1) is 16.0. The lowest BCUT2D eigenvalue weighted by molar-refractivity contribution is -0.126. The van der Waals surface area contributed by atoms with Crippen molar-refractivity contribution in [2.75, 3.05) is 18.4 Å². The number of piperidine rings is 1. The van der Waals surface area contributed by atoms with Gasteiger partial charge in [0.2, 0.25) is 5.91 Å². The summed E-state index contributed by atoms with van der Waals surface area (Å²) in [6.07, 6.45) is 7.62. The Balaban J connectivity index is 1.37. The molecule has 1 aliphatic carbocycles. The lowest BCUT2D eigenvalue weighted by atomic mass is 10.0. The molecule has 2 aromatic heterocycles. The summed E-state index contributed by atoms with van der Waals surface area (Å²) in [5.74, 6) is 0.814. The number of nitrogens with one attached hydrogen (secondary N) is 2. The number of aromatic nitrogens is 3. The second-order valence-electron chi connectivity index (χ2n) is 8.92. The first-order valence-corrected chi connectivity index (χ1v) is 11.8. The molecule has 0 bridgehead atoms. The summed E-state index contributed by atoms with van der Waals surface area (Å²) in [7, 11) is 0. The van der Waals surface area contributed by atoms with Crippen molar-refractivity contribution in [1.82, 2.24) is 25.4 Å². The number of carbonyl (C=O) groups is 1. The highest BCUT2D eigenvalue weighted by Gasteiger charge is 2.31. The molecule has 2 aliphatic rings. The van der Waals surface area contributed by atoms with Gasteiger partial charge in [-0.2, -0.15) is 0 Å². The van der Waals surface area contributed by atoms with E-state index in [0.717, 1.165) is 49.5 Å². The van der Waals surface area contributed by atoms with Crippen LogP contribution in [0.25, 0.3) is 22.0 Å². The molecule has 1 saturated carbocycles. The number of phenolic OH excluding ortho intramolecular Hbond substituents is 1. The largest absolute Gasteiger partial charge is 0.507 e. The number of halogens is 1. The molecular weight excluding hydrogens is 440 g/mol. The van der Waals surface area contributed by atoms with Crippen LogP contribution in [0.5, 0.6) is 5.75 Å². The number of amides is 1. The third kappa shape index (κ3) is 4.72. The molecule has 2 atom stereocenters. The number of rotatable bonds is 6. The van der Waals surface area contributed by atoms with Gasteiger partial charge in [0.15, 0.2) is 5.82 Å². The molecule has 9 heteroatoms. The van der Waals surface area contributed by atoms with Crippen LogP contribution in [0.15, 0.2) is 36.7 Å². The minimum Gasteiger partial charge on any atom is -0.507 e. The van der Waals surface area contributed by atoms with Gasteiger partial charge in [-0.25, -0.2) is 0 Å². The van der Waals surface area contributed by atoms with Crippen LogP contribution in [-0.2, 0) is 4.79 Å². The number of hydrogen-bond donors (Lipinski definition) is 3. The summed E-state index contributed by atoms with van der Waals surface area (Å²) in [5.41, 5.74) is 1.14. The SMILES string of the molecule is CC(C(=O)NC1CC1)N1CCC[C@@H](Nc2nnc(-c3ccc(Cl)cc3O)c3ccncc23)C1. The number of likely N-dealkylation sites (tertiary alicyclic amines) is 1. The lowest BCUT2D eigenvalue weighted by Crippen LogP contribution is -2.52. The minimum absolute atomic E-state index is 0.0528. The van der Waals surface area contributed by atoms with E-state index in [-0.39, 0.29) is 23.7 Å². The van der Waals surface area contributed by atoms with E-state index >= 15 is 0 Å². The predicted molar refractivity (Wildman–Crippen MR) is 128 cm³/mol. The Hall–Kier alpha value is -2.97. The summed E-state index contributed by atoms with van der Waals surface area (Å²) >= 11 is 5.99. The van der Waals surface area contributed by atoms with Gasteiger partial charge in [-0.3, -0.25) is 14.7 Å². The van der Waals surface area contributed by atoms with Gasteiger partial charge in [-0.05, 0) is 63.4 Å². The van der Waals surface area contributed by atoms with Crippen LogP contribution in [0, 0.1) is 0 Å².